The summed E-state index contributed by atoms with van der Waals surface area (Å²) in [7, 11) is 1.64. The molecule has 0 aromatic heterocycles. The molecule has 0 fully saturated rings. The number of nitrogens with one attached hydrogen (secondary N) is 1. The molecule has 0 saturated carbocycles. The van der Waals surface area contributed by atoms with Crippen LogP contribution in [0.25, 0.3) is 0 Å². The van der Waals surface area contributed by atoms with Crippen LogP contribution in [0, 0.1) is 6.92 Å². The summed E-state index contributed by atoms with van der Waals surface area (Å²) >= 11 is 5.68. The van der Waals surface area contributed by atoms with Gasteiger partial charge in [-0.3, -0.25) is 4.99 Å². The Labute approximate surface area is 91.0 Å². The fourth-order valence-corrected chi connectivity index (χ4v) is 0.921. The van der Waals surface area contributed by atoms with Crippen LogP contribution in [0.5, 0.6) is 0 Å². The molecule has 0 heterocycles. The maximum atomic E-state index is 5.68. The fraction of sp³-hybridized carbons (Fsp3) is 0.364. The van der Waals surface area contributed by atoms with Crippen molar-refractivity contribution in [1.82, 2.24) is 0 Å². The number of nitrogens with zero attached hydrogens (tertiary/aromatic N) is 1. The molecule has 0 atom stereocenters. The maximum absolute atomic E-state index is 5.68. The zero-order chi connectivity index (χ0) is 11.0. The highest BCUT2D eigenvalue weighted by Crippen LogP contribution is 2.08. The van der Waals surface area contributed by atoms with Gasteiger partial charge in [0.25, 0.3) is 0 Å². The molecule has 0 unspecified atom stereocenters. The van der Waals surface area contributed by atoms with Gasteiger partial charge in [-0.1, -0.05) is 31.5 Å². The molecule has 2 nitrogen and oxygen atoms in total. The molecule has 1 rings (SSSR count). The minimum Gasteiger partial charge on any atom is -0.331 e. The summed E-state index contributed by atoms with van der Waals surface area (Å²) in [6.45, 7) is 6.04. The van der Waals surface area contributed by atoms with Gasteiger partial charge in [0.05, 0.1) is 0 Å². The zero-order valence-electron chi connectivity index (χ0n) is 9.13. The second kappa shape index (κ2) is 7.39. The number of aliphatic imine (C=N–C) groups is 1. The van der Waals surface area contributed by atoms with Crippen LogP contribution in [-0.4, -0.2) is 12.3 Å². The third-order valence-corrected chi connectivity index (χ3v) is 1.76. The minimum absolute atomic E-state index is 0.402. The first-order chi connectivity index (χ1) is 6.72. The van der Waals surface area contributed by atoms with E-state index in [4.69, 9.17) is 11.6 Å². The molecule has 0 aliphatic carbocycles. The lowest BCUT2D eigenvalue weighted by atomic mass is 10.2. The smallest absolute Gasteiger partial charge is 0.195 e. The molecule has 0 spiro atoms. The van der Waals surface area contributed by atoms with Crippen LogP contribution in [0.2, 0.25) is 0 Å². The molecule has 1 aromatic rings. The standard InChI is InChI=1S/C9H11ClN2.C2H6/c1-7-3-5-8(6-4-7)12-9(10)11-2;1-2/h3-6H,1-2H3,(H,11,12);1-2H3. The van der Waals surface area contributed by atoms with Crippen LogP contribution >= 0.6 is 11.6 Å². The molecule has 0 radical (unpaired) electrons. The van der Waals surface area contributed by atoms with Gasteiger partial charge in [0.1, 0.15) is 0 Å². The van der Waals surface area contributed by atoms with E-state index in [0.717, 1.165) is 5.69 Å². The van der Waals surface area contributed by atoms with E-state index in [9.17, 15) is 0 Å². The van der Waals surface area contributed by atoms with Crippen molar-refractivity contribution >= 4 is 22.6 Å². The van der Waals surface area contributed by atoms with Gasteiger partial charge >= 0.3 is 0 Å². The zero-order valence-corrected chi connectivity index (χ0v) is 9.89. The van der Waals surface area contributed by atoms with Crippen LogP contribution in [0.15, 0.2) is 29.3 Å². The molecule has 0 amide bonds. The molecule has 0 aliphatic rings. The largest absolute Gasteiger partial charge is 0.331 e. The van der Waals surface area contributed by atoms with Crippen molar-refractivity contribution in [2.24, 2.45) is 4.99 Å². The SMILES string of the molecule is CC.CN=C(Cl)Nc1ccc(C)cc1. The topological polar surface area (TPSA) is 24.4 Å². The van der Waals surface area contributed by atoms with E-state index in [0.29, 0.717) is 5.29 Å². The second-order valence-corrected chi connectivity index (χ2v) is 2.86. The highest BCUT2D eigenvalue weighted by molar-refractivity contribution is 6.67. The van der Waals surface area contributed by atoms with Crippen molar-refractivity contribution < 1.29 is 0 Å². The lowest BCUT2D eigenvalue weighted by Gasteiger charge is -2.02. The average Bonchev–Trinajstić information content (AvgIpc) is 2.24. The number of benzene rings is 1. The highest BCUT2D eigenvalue weighted by Gasteiger charge is 1.92. The summed E-state index contributed by atoms with van der Waals surface area (Å²) in [4.78, 5) is 3.78. The Hall–Kier alpha value is -1.02. The predicted octanol–water partition coefficient (Wildman–Crippen LogP) is 3.66. The van der Waals surface area contributed by atoms with Gasteiger partial charge in [-0.15, -0.1) is 0 Å². The lowest BCUT2D eigenvalue weighted by molar-refractivity contribution is 1.43. The maximum Gasteiger partial charge on any atom is 0.195 e. The van der Waals surface area contributed by atoms with Gasteiger partial charge in [0, 0.05) is 12.7 Å². The van der Waals surface area contributed by atoms with Gasteiger partial charge in [0.2, 0.25) is 0 Å². The summed E-state index contributed by atoms with van der Waals surface area (Å²) < 4.78 is 0. The molecule has 0 aliphatic heterocycles. The highest BCUT2D eigenvalue weighted by atomic mass is 35.5. The first-order valence-corrected chi connectivity index (χ1v) is 5.06. The van der Waals surface area contributed by atoms with Gasteiger partial charge in [-0.2, -0.15) is 0 Å². The normalized spacial score (nSPS) is 10.2. The summed E-state index contributed by atoms with van der Waals surface area (Å²) in [5, 5.41) is 3.34. The van der Waals surface area contributed by atoms with Gasteiger partial charge in [-0.05, 0) is 30.7 Å². The van der Waals surface area contributed by atoms with Crippen LogP contribution in [0.4, 0.5) is 5.69 Å². The van der Waals surface area contributed by atoms with Gasteiger partial charge < -0.3 is 5.32 Å². The van der Waals surface area contributed by atoms with Crippen molar-refractivity contribution in [1.29, 1.82) is 0 Å². The molecule has 14 heavy (non-hydrogen) atoms. The average molecular weight is 213 g/mol. The summed E-state index contributed by atoms with van der Waals surface area (Å²) in [6, 6.07) is 7.95. The van der Waals surface area contributed by atoms with Crippen molar-refractivity contribution in [3.8, 4) is 0 Å². The van der Waals surface area contributed by atoms with Crippen molar-refractivity contribution in [3.05, 3.63) is 29.8 Å². The van der Waals surface area contributed by atoms with Crippen LogP contribution < -0.4 is 5.32 Å². The fourth-order valence-electron chi connectivity index (χ4n) is 0.812. The number of anilines is 1. The molecule has 3 heteroatoms. The van der Waals surface area contributed by atoms with Gasteiger partial charge in [0.15, 0.2) is 5.29 Å². The van der Waals surface area contributed by atoms with Crippen molar-refractivity contribution in [3.63, 3.8) is 0 Å². The molecule has 0 bridgehead atoms. The third kappa shape index (κ3) is 4.87. The number of hydrogen-bond acceptors (Lipinski definition) is 1. The van der Waals surface area contributed by atoms with Gasteiger partial charge in [-0.25, -0.2) is 0 Å². The Morgan fingerprint density at radius 2 is 1.71 bits per heavy atom. The van der Waals surface area contributed by atoms with E-state index >= 15 is 0 Å². The van der Waals surface area contributed by atoms with Crippen LogP contribution in [0.1, 0.15) is 19.4 Å². The lowest BCUT2D eigenvalue weighted by Crippen LogP contribution is -2.03. The Balaban J connectivity index is 0.000000791. The number of halogens is 1. The molecule has 78 valence electrons. The predicted molar refractivity (Wildman–Crippen MR) is 65.4 cm³/mol. The monoisotopic (exact) mass is 212 g/mol. The van der Waals surface area contributed by atoms with E-state index < -0.39 is 0 Å². The quantitative estimate of drug-likeness (QED) is 0.429. The molecular formula is C11H17ClN2. The second-order valence-electron chi connectivity index (χ2n) is 2.51. The summed E-state index contributed by atoms with van der Waals surface area (Å²) in [6.07, 6.45) is 0. The van der Waals surface area contributed by atoms with E-state index in [1.165, 1.54) is 5.56 Å². The first kappa shape index (κ1) is 13.0. The summed E-state index contributed by atoms with van der Waals surface area (Å²) in [5.74, 6) is 0. The number of aryl methyl sites for hydroxylation is 1. The minimum atomic E-state index is 0.402. The van der Waals surface area contributed by atoms with Crippen LogP contribution in [0.3, 0.4) is 0 Å². The van der Waals surface area contributed by atoms with E-state index in [2.05, 4.69) is 10.3 Å². The Kier molecular flexibility index (Phi) is 6.85. The summed E-state index contributed by atoms with van der Waals surface area (Å²) in [5.41, 5.74) is 2.18. The van der Waals surface area contributed by atoms with E-state index in [-0.39, 0.29) is 0 Å². The Morgan fingerprint density at radius 3 is 2.14 bits per heavy atom. The molecule has 1 N–H and O–H groups in total. The van der Waals surface area contributed by atoms with E-state index in [1.54, 1.807) is 7.05 Å². The third-order valence-electron chi connectivity index (χ3n) is 1.50. The first-order valence-electron chi connectivity index (χ1n) is 4.68. The Bertz CT molecular complexity index is 278. The van der Waals surface area contributed by atoms with E-state index in [1.807, 2.05) is 45.0 Å². The number of amidine groups is 1. The molecular weight excluding hydrogens is 196 g/mol. The van der Waals surface area contributed by atoms with Crippen molar-refractivity contribution in [2.45, 2.75) is 20.8 Å². The molecule has 0 saturated heterocycles. The number of rotatable bonds is 1. The molecule has 1 aromatic carbocycles. The Morgan fingerprint density at radius 1 is 1.21 bits per heavy atom. The van der Waals surface area contributed by atoms with Crippen molar-refractivity contribution in [2.75, 3.05) is 12.4 Å². The number of hydrogen-bond donors (Lipinski definition) is 1. The van der Waals surface area contributed by atoms with Crippen LogP contribution in [-0.2, 0) is 0 Å².